The molecule has 0 saturated carbocycles. The topological polar surface area (TPSA) is 86.8 Å². The van der Waals surface area contributed by atoms with Crippen molar-refractivity contribution in [3.63, 3.8) is 0 Å². The van der Waals surface area contributed by atoms with Gasteiger partial charge in [0.2, 0.25) is 11.8 Å². The van der Waals surface area contributed by atoms with Crippen LogP contribution in [-0.2, 0) is 26.2 Å². The summed E-state index contributed by atoms with van der Waals surface area (Å²) in [5.74, 6) is -0.796. The van der Waals surface area contributed by atoms with Crippen LogP contribution in [0.25, 0.3) is 0 Å². The van der Waals surface area contributed by atoms with Gasteiger partial charge in [0.25, 0.3) is 10.0 Å². The van der Waals surface area contributed by atoms with Crippen LogP contribution in [-0.4, -0.2) is 43.3 Å². The zero-order chi connectivity index (χ0) is 28.8. The Morgan fingerprint density at radius 1 is 0.923 bits per heavy atom. The number of hydrogen-bond donors (Lipinski definition) is 1. The maximum atomic E-state index is 14.0. The van der Waals surface area contributed by atoms with E-state index in [4.69, 9.17) is 11.6 Å². The van der Waals surface area contributed by atoms with E-state index < -0.39 is 34.1 Å². The minimum Gasteiger partial charge on any atom is -0.350 e. The van der Waals surface area contributed by atoms with Crippen LogP contribution in [0.2, 0.25) is 5.02 Å². The summed E-state index contributed by atoms with van der Waals surface area (Å²) < 4.78 is 28.6. The van der Waals surface area contributed by atoms with Crippen LogP contribution in [0.1, 0.15) is 45.2 Å². The molecule has 0 aliphatic heterocycles. The molecule has 9 heteroatoms. The molecule has 1 unspecified atom stereocenters. The molecule has 0 saturated heterocycles. The average Bonchev–Trinajstić information content (AvgIpc) is 2.88. The first-order valence-electron chi connectivity index (χ1n) is 12.8. The van der Waals surface area contributed by atoms with Crippen LogP contribution < -0.4 is 9.62 Å². The molecule has 39 heavy (non-hydrogen) atoms. The van der Waals surface area contributed by atoms with E-state index in [0.29, 0.717) is 17.1 Å². The first kappa shape index (κ1) is 30.2. The number of carbonyl (C=O) groups excluding carboxylic acids is 2. The van der Waals surface area contributed by atoms with Crippen molar-refractivity contribution in [2.75, 3.05) is 10.8 Å². The maximum absolute atomic E-state index is 14.0. The van der Waals surface area contributed by atoms with Gasteiger partial charge < -0.3 is 10.2 Å². The third-order valence-electron chi connectivity index (χ3n) is 6.08. The molecule has 0 aromatic heterocycles. The monoisotopic (exact) mass is 569 g/mol. The van der Waals surface area contributed by atoms with Crippen molar-refractivity contribution < 1.29 is 18.0 Å². The smallest absolute Gasteiger partial charge is 0.264 e. The van der Waals surface area contributed by atoms with Gasteiger partial charge in [-0.05, 0) is 76.1 Å². The largest absolute Gasteiger partial charge is 0.350 e. The Morgan fingerprint density at radius 3 is 2.05 bits per heavy atom. The Bertz CT molecular complexity index is 1370. The molecule has 1 N–H and O–H groups in total. The highest BCUT2D eigenvalue weighted by Gasteiger charge is 2.34. The van der Waals surface area contributed by atoms with Crippen LogP contribution in [0.15, 0.2) is 83.8 Å². The van der Waals surface area contributed by atoms with Crippen molar-refractivity contribution in [2.24, 2.45) is 0 Å². The number of nitrogens with zero attached hydrogens (tertiary/aromatic N) is 2. The van der Waals surface area contributed by atoms with Gasteiger partial charge in [-0.3, -0.25) is 13.9 Å². The molecule has 0 fully saturated rings. The van der Waals surface area contributed by atoms with E-state index in [2.05, 4.69) is 5.32 Å². The fourth-order valence-corrected chi connectivity index (χ4v) is 5.68. The second-order valence-electron chi connectivity index (χ2n) is 10.5. The first-order chi connectivity index (χ1) is 18.3. The number of halogens is 1. The number of benzene rings is 3. The molecule has 0 bridgehead atoms. The van der Waals surface area contributed by atoms with Crippen LogP contribution in [0.4, 0.5) is 5.69 Å². The van der Waals surface area contributed by atoms with Crippen molar-refractivity contribution in [3.8, 4) is 0 Å². The zero-order valence-electron chi connectivity index (χ0n) is 23.0. The average molecular weight is 570 g/mol. The van der Waals surface area contributed by atoms with Gasteiger partial charge in [0, 0.05) is 17.1 Å². The molecule has 0 aliphatic carbocycles. The molecule has 7 nitrogen and oxygen atoms in total. The van der Waals surface area contributed by atoms with Gasteiger partial charge in [-0.2, -0.15) is 0 Å². The Morgan fingerprint density at radius 2 is 1.51 bits per heavy atom. The molecule has 0 spiro atoms. The van der Waals surface area contributed by atoms with Crippen molar-refractivity contribution in [1.29, 1.82) is 0 Å². The van der Waals surface area contributed by atoms with Crippen LogP contribution in [0.5, 0.6) is 0 Å². The summed E-state index contributed by atoms with van der Waals surface area (Å²) in [6.45, 7) is 9.07. The molecule has 1 atom stereocenters. The van der Waals surface area contributed by atoms with Crippen LogP contribution in [0, 0.1) is 6.92 Å². The number of amides is 2. The fourth-order valence-electron chi connectivity index (χ4n) is 4.12. The van der Waals surface area contributed by atoms with E-state index in [1.807, 2.05) is 58.9 Å². The molecule has 0 radical (unpaired) electrons. The molecule has 0 heterocycles. The second-order valence-corrected chi connectivity index (χ2v) is 12.8. The maximum Gasteiger partial charge on any atom is 0.264 e. The fraction of sp³-hybridized carbons (Fsp3) is 0.333. The summed E-state index contributed by atoms with van der Waals surface area (Å²) in [4.78, 5) is 28.9. The van der Waals surface area contributed by atoms with Gasteiger partial charge in [0.15, 0.2) is 0 Å². The van der Waals surface area contributed by atoms with Gasteiger partial charge in [-0.25, -0.2) is 8.42 Å². The zero-order valence-corrected chi connectivity index (χ0v) is 24.6. The van der Waals surface area contributed by atoms with Gasteiger partial charge >= 0.3 is 0 Å². The number of sulfonamides is 1. The Kier molecular flexibility index (Phi) is 9.80. The summed E-state index contributed by atoms with van der Waals surface area (Å²) in [5, 5.41) is 3.41. The second kappa shape index (κ2) is 12.7. The number of aryl methyl sites for hydroxylation is 1. The Balaban J connectivity index is 2.05. The lowest BCUT2D eigenvalue weighted by atomic mass is 10.1. The van der Waals surface area contributed by atoms with E-state index in [0.717, 1.165) is 15.4 Å². The molecule has 0 aliphatic rings. The van der Waals surface area contributed by atoms with E-state index in [9.17, 15) is 18.0 Å². The number of hydrogen-bond acceptors (Lipinski definition) is 4. The summed E-state index contributed by atoms with van der Waals surface area (Å²) >= 11 is 6.07. The lowest BCUT2D eigenvalue weighted by Crippen LogP contribution is -2.55. The van der Waals surface area contributed by atoms with Gasteiger partial charge in [-0.15, -0.1) is 0 Å². The Labute approximate surface area is 236 Å². The van der Waals surface area contributed by atoms with E-state index in [1.165, 1.54) is 17.0 Å². The third kappa shape index (κ3) is 8.07. The number of nitrogens with one attached hydrogen (secondary N) is 1. The quantitative estimate of drug-likeness (QED) is 0.346. The summed E-state index contributed by atoms with van der Waals surface area (Å²) in [6, 6.07) is 21.1. The van der Waals surface area contributed by atoms with E-state index in [-0.39, 0.29) is 17.3 Å². The predicted molar refractivity (Wildman–Crippen MR) is 156 cm³/mol. The minimum absolute atomic E-state index is 0.0513. The molecule has 208 valence electrons. The molecule has 3 rings (SSSR count). The van der Waals surface area contributed by atoms with Crippen LogP contribution in [0.3, 0.4) is 0 Å². The highest BCUT2D eigenvalue weighted by atomic mass is 35.5. The molecular formula is C30H36ClN3O4S. The SMILES string of the molecule is CCC(C(=O)NC(C)(C)C)N(Cc1ccc(C)cc1)C(=O)CN(c1ccc(Cl)cc1)S(=O)(=O)c1ccccc1. The van der Waals surface area contributed by atoms with Gasteiger partial charge in [0.1, 0.15) is 12.6 Å². The van der Waals surface area contributed by atoms with Crippen molar-refractivity contribution in [2.45, 2.75) is 64.1 Å². The Hall–Kier alpha value is -3.36. The summed E-state index contributed by atoms with van der Waals surface area (Å²) in [7, 11) is -4.11. The van der Waals surface area contributed by atoms with E-state index in [1.54, 1.807) is 42.5 Å². The molecule has 3 aromatic carbocycles. The standard InChI is InChI=1S/C30H36ClN3O4S/c1-6-27(29(36)32-30(3,4)5)33(20-23-14-12-22(2)13-15-23)28(35)21-34(25-18-16-24(31)17-19-25)39(37,38)26-10-8-7-9-11-26/h7-19,27H,6,20-21H2,1-5H3,(H,32,36). The molecular weight excluding hydrogens is 534 g/mol. The van der Waals surface area contributed by atoms with E-state index >= 15 is 0 Å². The van der Waals surface area contributed by atoms with Crippen molar-refractivity contribution in [1.82, 2.24) is 10.2 Å². The van der Waals surface area contributed by atoms with Crippen LogP contribution >= 0.6 is 11.6 Å². The number of rotatable bonds is 10. The lowest BCUT2D eigenvalue weighted by molar-refractivity contribution is -0.141. The van der Waals surface area contributed by atoms with Gasteiger partial charge in [0.05, 0.1) is 10.6 Å². The van der Waals surface area contributed by atoms with Crippen molar-refractivity contribution >= 4 is 39.1 Å². The predicted octanol–water partition coefficient (Wildman–Crippen LogP) is 5.57. The van der Waals surface area contributed by atoms with Crippen molar-refractivity contribution in [3.05, 3.63) is 95.0 Å². The highest BCUT2D eigenvalue weighted by Crippen LogP contribution is 2.26. The first-order valence-corrected chi connectivity index (χ1v) is 14.6. The normalized spacial score (nSPS) is 12.5. The molecule has 2 amide bonds. The third-order valence-corrected chi connectivity index (χ3v) is 8.12. The lowest BCUT2D eigenvalue weighted by Gasteiger charge is -2.34. The summed E-state index contributed by atoms with van der Waals surface area (Å²) in [5.41, 5.74) is 1.69. The minimum atomic E-state index is -4.11. The highest BCUT2D eigenvalue weighted by molar-refractivity contribution is 7.92. The number of anilines is 1. The van der Waals surface area contributed by atoms with Gasteiger partial charge in [-0.1, -0.05) is 66.6 Å². The molecule has 3 aromatic rings. The number of carbonyl (C=O) groups is 2. The summed E-state index contributed by atoms with van der Waals surface area (Å²) in [6.07, 6.45) is 0.353.